The molecule has 0 bridgehead atoms. The first-order valence-electron chi connectivity index (χ1n) is 18.5. The number of carbonyl (C=O) groups is 2. The number of unbranched alkanes of at least 4 members (excludes halogenated alkanes) is 6. The summed E-state index contributed by atoms with van der Waals surface area (Å²) in [7, 11) is 0. The molecule has 0 amide bonds. The summed E-state index contributed by atoms with van der Waals surface area (Å²) in [5, 5.41) is 0. The fraction of sp³-hybridized carbons (Fsp3) is 0.261. The summed E-state index contributed by atoms with van der Waals surface area (Å²) in [6, 6.07) is 37.5. The fourth-order valence-corrected chi connectivity index (χ4v) is 5.63. The quantitative estimate of drug-likeness (QED) is 0.0396. The highest BCUT2D eigenvalue weighted by atomic mass is 16.5. The number of aryl methyl sites for hydroxylation is 2. The number of benzene rings is 5. The van der Waals surface area contributed by atoms with Gasteiger partial charge in [-0.2, -0.15) is 0 Å². The molecule has 52 heavy (non-hydrogen) atoms. The van der Waals surface area contributed by atoms with E-state index < -0.39 is 0 Å². The average molecular weight is 693 g/mol. The highest BCUT2D eigenvalue weighted by Crippen LogP contribution is 2.21. The molecule has 0 heterocycles. The van der Waals surface area contributed by atoms with Gasteiger partial charge in [-0.05, 0) is 145 Å². The summed E-state index contributed by atoms with van der Waals surface area (Å²) in [5.74, 6) is 0.226. The van der Waals surface area contributed by atoms with E-state index in [0.717, 1.165) is 35.3 Å². The van der Waals surface area contributed by atoms with Gasteiger partial charge in [-0.15, -0.1) is 0 Å². The zero-order valence-electron chi connectivity index (χ0n) is 30.3. The van der Waals surface area contributed by atoms with Crippen molar-refractivity contribution in [2.45, 2.75) is 78.1 Å². The number of aliphatic imine (C=N–C) groups is 2. The predicted octanol–water partition coefficient (Wildman–Crippen LogP) is 11.9. The second kappa shape index (κ2) is 20.3. The van der Waals surface area contributed by atoms with Gasteiger partial charge in [0.2, 0.25) is 0 Å². The molecule has 5 rings (SSSR count). The summed E-state index contributed by atoms with van der Waals surface area (Å²) in [6.07, 6.45) is 15.4. The zero-order chi connectivity index (χ0) is 36.4. The summed E-state index contributed by atoms with van der Waals surface area (Å²) in [5.41, 5.74) is 6.91. The van der Waals surface area contributed by atoms with Gasteiger partial charge in [0, 0.05) is 12.4 Å². The van der Waals surface area contributed by atoms with Gasteiger partial charge < -0.3 is 9.47 Å². The van der Waals surface area contributed by atoms with E-state index in [2.05, 4.69) is 23.8 Å². The summed E-state index contributed by atoms with van der Waals surface area (Å²) < 4.78 is 11.2. The van der Waals surface area contributed by atoms with E-state index in [1.54, 1.807) is 36.7 Å². The van der Waals surface area contributed by atoms with Crippen LogP contribution in [0.1, 0.15) is 108 Å². The van der Waals surface area contributed by atoms with Crippen molar-refractivity contribution in [3.05, 3.63) is 155 Å². The number of esters is 2. The number of hydrogen-bond donors (Lipinski definition) is 0. The molecule has 6 heteroatoms. The van der Waals surface area contributed by atoms with Crippen LogP contribution < -0.4 is 9.47 Å². The van der Waals surface area contributed by atoms with Crippen molar-refractivity contribution in [1.82, 2.24) is 0 Å². The molecule has 5 aromatic carbocycles. The van der Waals surface area contributed by atoms with E-state index in [1.807, 2.05) is 97.1 Å². The van der Waals surface area contributed by atoms with Gasteiger partial charge in [0.05, 0.1) is 22.5 Å². The van der Waals surface area contributed by atoms with Crippen LogP contribution in [0.2, 0.25) is 0 Å². The van der Waals surface area contributed by atoms with Gasteiger partial charge in [0.25, 0.3) is 0 Å². The molecular weight excluding hydrogens is 645 g/mol. The predicted molar refractivity (Wildman–Crippen MR) is 212 cm³/mol. The topological polar surface area (TPSA) is 77.3 Å². The fourth-order valence-electron chi connectivity index (χ4n) is 5.63. The van der Waals surface area contributed by atoms with Gasteiger partial charge in [-0.3, -0.25) is 9.98 Å². The summed E-state index contributed by atoms with van der Waals surface area (Å²) >= 11 is 0. The van der Waals surface area contributed by atoms with Crippen LogP contribution in [0.5, 0.6) is 11.5 Å². The number of ether oxygens (including phenoxy) is 2. The van der Waals surface area contributed by atoms with Crippen LogP contribution in [0.3, 0.4) is 0 Å². The van der Waals surface area contributed by atoms with Gasteiger partial charge in [-0.25, -0.2) is 9.59 Å². The van der Waals surface area contributed by atoms with Gasteiger partial charge in [-0.1, -0.05) is 76.6 Å². The van der Waals surface area contributed by atoms with E-state index in [-0.39, 0.29) is 11.9 Å². The SMILES string of the molecule is CCCCCCc1ccc(C(=O)Oc2ccc(C=Nc3ccc(N=Cc4ccc(OC(=O)c5ccc(CCCCCC)cc5)cc4)cc3)cc2)cc1. The maximum Gasteiger partial charge on any atom is 0.343 e. The second-order valence-corrected chi connectivity index (χ2v) is 13.0. The Hall–Kier alpha value is -5.62. The Morgan fingerprint density at radius 3 is 1.17 bits per heavy atom. The van der Waals surface area contributed by atoms with Crippen molar-refractivity contribution in [1.29, 1.82) is 0 Å². The average Bonchev–Trinajstić information content (AvgIpc) is 3.18. The number of carbonyl (C=O) groups excluding carboxylic acids is 2. The van der Waals surface area contributed by atoms with Crippen molar-refractivity contribution < 1.29 is 19.1 Å². The van der Waals surface area contributed by atoms with Crippen molar-refractivity contribution in [2.75, 3.05) is 0 Å². The minimum atomic E-state index is -0.371. The van der Waals surface area contributed by atoms with Gasteiger partial charge in [0.15, 0.2) is 0 Å². The Bertz CT molecular complexity index is 1750. The Morgan fingerprint density at radius 1 is 0.462 bits per heavy atom. The number of hydrogen-bond acceptors (Lipinski definition) is 6. The van der Waals surface area contributed by atoms with Crippen LogP contribution in [-0.4, -0.2) is 24.4 Å². The summed E-state index contributed by atoms with van der Waals surface area (Å²) in [6.45, 7) is 4.42. The maximum absolute atomic E-state index is 12.6. The molecule has 0 spiro atoms. The lowest BCUT2D eigenvalue weighted by Crippen LogP contribution is -2.08. The normalized spacial score (nSPS) is 11.3. The molecule has 0 radical (unpaired) electrons. The molecule has 0 unspecified atom stereocenters. The number of rotatable bonds is 18. The minimum Gasteiger partial charge on any atom is -0.423 e. The zero-order valence-corrected chi connectivity index (χ0v) is 30.3. The second-order valence-electron chi connectivity index (χ2n) is 13.0. The van der Waals surface area contributed by atoms with E-state index in [4.69, 9.17) is 9.47 Å². The smallest absolute Gasteiger partial charge is 0.343 e. The van der Waals surface area contributed by atoms with Crippen LogP contribution >= 0.6 is 0 Å². The molecule has 0 aliphatic carbocycles. The molecule has 0 atom stereocenters. The Kier molecular flexibility index (Phi) is 14.7. The van der Waals surface area contributed by atoms with Crippen molar-refractivity contribution in [3.8, 4) is 11.5 Å². The van der Waals surface area contributed by atoms with Crippen LogP contribution in [0.4, 0.5) is 11.4 Å². The third-order valence-corrected chi connectivity index (χ3v) is 8.77. The third-order valence-electron chi connectivity index (χ3n) is 8.77. The Labute approximate surface area is 308 Å². The molecule has 0 fully saturated rings. The maximum atomic E-state index is 12.6. The Balaban J connectivity index is 1.05. The van der Waals surface area contributed by atoms with Crippen LogP contribution in [0.25, 0.3) is 0 Å². The molecule has 0 aromatic heterocycles. The standard InChI is InChI=1S/C46H48N2O4/c1-3-5-7-9-11-35-13-21-39(22-14-35)45(49)51-43-29-17-37(18-30-43)33-47-41-25-27-42(28-26-41)48-34-38-19-31-44(32-20-38)52-46(50)40-23-15-36(16-24-40)12-10-8-6-4-2/h13-34H,3-12H2,1-2H3. The monoisotopic (exact) mass is 692 g/mol. The summed E-state index contributed by atoms with van der Waals surface area (Å²) in [4.78, 5) is 34.4. The van der Waals surface area contributed by atoms with E-state index in [1.165, 1.54) is 62.5 Å². The molecular formula is C46H48N2O4. The molecule has 5 aromatic rings. The molecule has 0 aliphatic rings. The molecule has 266 valence electrons. The lowest BCUT2D eigenvalue weighted by atomic mass is 10.0. The molecule has 6 nitrogen and oxygen atoms in total. The largest absolute Gasteiger partial charge is 0.423 e. The van der Waals surface area contributed by atoms with Crippen molar-refractivity contribution in [3.63, 3.8) is 0 Å². The van der Waals surface area contributed by atoms with Crippen LogP contribution in [0.15, 0.2) is 131 Å². The lowest BCUT2D eigenvalue weighted by molar-refractivity contribution is 0.0725. The highest BCUT2D eigenvalue weighted by molar-refractivity contribution is 5.92. The minimum absolute atomic E-state index is 0.371. The molecule has 0 saturated carbocycles. The highest BCUT2D eigenvalue weighted by Gasteiger charge is 2.10. The van der Waals surface area contributed by atoms with Crippen molar-refractivity contribution >= 4 is 35.7 Å². The first-order valence-corrected chi connectivity index (χ1v) is 18.5. The number of nitrogens with zero attached hydrogens (tertiary/aromatic N) is 2. The van der Waals surface area contributed by atoms with E-state index in [9.17, 15) is 9.59 Å². The van der Waals surface area contributed by atoms with E-state index in [0.29, 0.717) is 22.6 Å². The van der Waals surface area contributed by atoms with Crippen LogP contribution in [0, 0.1) is 0 Å². The third kappa shape index (κ3) is 12.3. The molecule has 0 aliphatic heterocycles. The first-order chi connectivity index (χ1) is 25.5. The lowest BCUT2D eigenvalue weighted by Gasteiger charge is -2.06. The first kappa shape index (κ1) is 37.6. The molecule has 0 N–H and O–H groups in total. The van der Waals surface area contributed by atoms with E-state index >= 15 is 0 Å². The van der Waals surface area contributed by atoms with Gasteiger partial charge >= 0.3 is 11.9 Å². The Morgan fingerprint density at radius 2 is 0.827 bits per heavy atom. The van der Waals surface area contributed by atoms with Gasteiger partial charge in [0.1, 0.15) is 11.5 Å². The van der Waals surface area contributed by atoms with Crippen LogP contribution in [-0.2, 0) is 12.8 Å². The van der Waals surface area contributed by atoms with Crippen molar-refractivity contribution in [2.24, 2.45) is 9.98 Å². The molecule has 0 saturated heterocycles.